The monoisotopic (exact) mass is 560 g/mol. The average Bonchev–Trinajstić information content (AvgIpc) is 3.69. The molecule has 1 heterocycles. The highest BCUT2D eigenvalue weighted by Gasteiger charge is 2.35. The van der Waals surface area contributed by atoms with Gasteiger partial charge in [-0.25, -0.2) is 0 Å². The predicted octanol–water partition coefficient (Wildman–Crippen LogP) is 12.0. The van der Waals surface area contributed by atoms with Crippen molar-refractivity contribution in [1.29, 1.82) is 0 Å². The van der Waals surface area contributed by atoms with Gasteiger partial charge in [0.25, 0.3) is 0 Å². The van der Waals surface area contributed by atoms with Crippen LogP contribution in [0.3, 0.4) is 0 Å². The van der Waals surface area contributed by atoms with E-state index in [-0.39, 0.29) is 5.41 Å². The molecule has 10 rings (SSSR count). The van der Waals surface area contributed by atoms with Crippen molar-refractivity contribution in [1.82, 2.24) is 0 Å². The third kappa shape index (κ3) is 2.99. The van der Waals surface area contributed by atoms with Crippen molar-refractivity contribution in [2.75, 3.05) is 0 Å². The van der Waals surface area contributed by atoms with Crippen molar-refractivity contribution in [3.05, 3.63) is 145 Å². The molecule has 0 fully saturated rings. The highest BCUT2D eigenvalue weighted by atomic mass is 16.3. The molecule has 0 unspecified atom stereocenters. The summed E-state index contributed by atoms with van der Waals surface area (Å²) in [6, 6.07) is 49.0. The Morgan fingerprint density at radius 1 is 0.409 bits per heavy atom. The van der Waals surface area contributed by atoms with E-state index in [4.69, 9.17) is 4.42 Å². The molecule has 0 spiro atoms. The normalized spacial score (nSPS) is 13.9. The number of furan rings is 1. The van der Waals surface area contributed by atoms with E-state index in [1.54, 1.807) is 0 Å². The predicted molar refractivity (Wildman–Crippen MR) is 184 cm³/mol. The van der Waals surface area contributed by atoms with Crippen LogP contribution in [0.5, 0.6) is 0 Å². The zero-order valence-electron chi connectivity index (χ0n) is 24.6. The molecule has 0 radical (unpaired) electrons. The Kier molecular flexibility index (Phi) is 4.58. The fraction of sp³-hybridized carbons (Fsp3) is 0.0698. The van der Waals surface area contributed by atoms with Gasteiger partial charge in [0.15, 0.2) is 0 Å². The summed E-state index contributed by atoms with van der Waals surface area (Å²) in [6.07, 6.45) is 0. The number of rotatable bonds is 2. The summed E-state index contributed by atoms with van der Waals surface area (Å²) in [5, 5.41) is 4.94. The maximum absolute atomic E-state index is 6.77. The largest absolute Gasteiger partial charge is 0.455 e. The van der Waals surface area contributed by atoms with Gasteiger partial charge in [-0.3, -0.25) is 0 Å². The van der Waals surface area contributed by atoms with Crippen LogP contribution in [0.2, 0.25) is 0 Å². The van der Waals surface area contributed by atoms with E-state index in [0.717, 1.165) is 22.1 Å². The van der Waals surface area contributed by atoms with Gasteiger partial charge in [-0.05, 0) is 84.1 Å². The summed E-state index contributed by atoms with van der Waals surface area (Å²) in [7, 11) is 0. The smallest absolute Gasteiger partial charge is 0.143 e. The molecule has 8 aromatic rings. The molecule has 0 bridgehead atoms. The van der Waals surface area contributed by atoms with Gasteiger partial charge in [-0.1, -0.05) is 135 Å². The van der Waals surface area contributed by atoms with Crippen molar-refractivity contribution in [3.8, 4) is 55.6 Å². The Hall–Kier alpha value is -5.40. The van der Waals surface area contributed by atoms with Crippen LogP contribution in [0.4, 0.5) is 0 Å². The molecule has 0 N–H and O–H groups in total. The minimum atomic E-state index is -0.0447. The second kappa shape index (κ2) is 8.36. The highest BCUT2D eigenvalue weighted by Crippen LogP contribution is 2.52. The van der Waals surface area contributed by atoms with Crippen LogP contribution in [-0.2, 0) is 5.41 Å². The van der Waals surface area contributed by atoms with Gasteiger partial charge in [0, 0.05) is 21.8 Å². The van der Waals surface area contributed by atoms with Gasteiger partial charge in [0.2, 0.25) is 0 Å². The molecule has 0 saturated heterocycles. The third-order valence-electron chi connectivity index (χ3n) is 10.3. The molecule has 44 heavy (non-hydrogen) atoms. The zero-order chi connectivity index (χ0) is 29.2. The number of fused-ring (bicyclic) bond motifs is 9. The highest BCUT2D eigenvalue weighted by molar-refractivity contribution is 6.21. The first-order chi connectivity index (χ1) is 21.6. The van der Waals surface area contributed by atoms with Crippen LogP contribution < -0.4 is 0 Å². The number of hydrogen-bond acceptors (Lipinski definition) is 1. The van der Waals surface area contributed by atoms with E-state index in [9.17, 15) is 0 Å². The van der Waals surface area contributed by atoms with Crippen molar-refractivity contribution in [3.63, 3.8) is 0 Å². The van der Waals surface area contributed by atoms with Crippen molar-refractivity contribution < 1.29 is 4.42 Å². The van der Waals surface area contributed by atoms with Crippen molar-refractivity contribution in [2.45, 2.75) is 19.3 Å². The SMILES string of the molecule is CC1(C)c2ccccc2-c2ccc(-c3cccc4oc5c(-c6ccc7c8c(cccc68)-c6ccccc6-7)cccc5c34)cc21. The molecule has 0 saturated carbocycles. The summed E-state index contributed by atoms with van der Waals surface area (Å²) in [4.78, 5) is 0. The molecule has 7 aromatic carbocycles. The lowest BCUT2D eigenvalue weighted by Gasteiger charge is -2.22. The standard InChI is InChI=1S/C43H28O/c1-43(2)37-18-6-5-12-30(37)31-21-20-25(24-38(31)43)26-13-9-19-39-41(26)36-17-8-16-35(42(36)44-39)29-22-23-34-28-11-4-3-10-27(28)32-14-7-15-33(29)40(32)34/h3-24H,1-2H3. The molecule has 2 aliphatic rings. The van der Waals surface area contributed by atoms with E-state index < -0.39 is 0 Å². The maximum Gasteiger partial charge on any atom is 0.143 e. The fourth-order valence-electron chi connectivity index (χ4n) is 8.22. The summed E-state index contributed by atoms with van der Waals surface area (Å²) >= 11 is 0. The molecule has 0 aliphatic heterocycles. The van der Waals surface area contributed by atoms with E-state index >= 15 is 0 Å². The van der Waals surface area contributed by atoms with Crippen molar-refractivity contribution in [2.24, 2.45) is 0 Å². The first-order valence-corrected chi connectivity index (χ1v) is 15.4. The zero-order valence-corrected chi connectivity index (χ0v) is 24.6. The molecule has 1 aromatic heterocycles. The number of para-hydroxylation sites is 1. The van der Waals surface area contributed by atoms with Crippen LogP contribution in [0.15, 0.2) is 138 Å². The minimum absolute atomic E-state index is 0.0447. The van der Waals surface area contributed by atoms with Crippen LogP contribution in [0.25, 0.3) is 88.3 Å². The topological polar surface area (TPSA) is 13.1 Å². The average molecular weight is 561 g/mol. The van der Waals surface area contributed by atoms with E-state index in [1.807, 2.05) is 0 Å². The Morgan fingerprint density at radius 2 is 1.00 bits per heavy atom. The van der Waals surface area contributed by atoms with Gasteiger partial charge >= 0.3 is 0 Å². The number of hydrogen-bond donors (Lipinski definition) is 0. The van der Waals surface area contributed by atoms with E-state index in [1.165, 1.54) is 77.4 Å². The molecule has 1 heteroatoms. The first-order valence-electron chi connectivity index (χ1n) is 15.4. The summed E-state index contributed by atoms with van der Waals surface area (Å²) < 4.78 is 6.77. The second-order valence-electron chi connectivity index (χ2n) is 12.8. The molecule has 0 atom stereocenters. The van der Waals surface area contributed by atoms with Gasteiger partial charge < -0.3 is 4.42 Å². The molecule has 1 nitrogen and oxygen atoms in total. The molecular formula is C43H28O. The number of benzene rings is 7. The summed E-state index contributed by atoms with van der Waals surface area (Å²) in [6.45, 7) is 4.69. The van der Waals surface area contributed by atoms with Crippen LogP contribution >= 0.6 is 0 Å². The molecule has 2 aliphatic carbocycles. The fourth-order valence-corrected chi connectivity index (χ4v) is 8.22. The van der Waals surface area contributed by atoms with Gasteiger partial charge in [0.1, 0.15) is 11.2 Å². The van der Waals surface area contributed by atoms with Crippen LogP contribution in [0, 0.1) is 0 Å². The maximum atomic E-state index is 6.77. The third-order valence-corrected chi connectivity index (χ3v) is 10.3. The quantitative estimate of drug-likeness (QED) is 0.205. The van der Waals surface area contributed by atoms with E-state index in [0.29, 0.717) is 0 Å². The Bertz CT molecular complexity index is 2490. The Morgan fingerprint density at radius 3 is 1.84 bits per heavy atom. The second-order valence-corrected chi connectivity index (χ2v) is 12.8. The van der Waals surface area contributed by atoms with Crippen LogP contribution in [0.1, 0.15) is 25.0 Å². The molecular weight excluding hydrogens is 532 g/mol. The summed E-state index contributed by atoms with van der Waals surface area (Å²) in [5.41, 5.74) is 17.4. The van der Waals surface area contributed by atoms with Crippen LogP contribution in [-0.4, -0.2) is 0 Å². The lowest BCUT2D eigenvalue weighted by atomic mass is 9.81. The van der Waals surface area contributed by atoms with Gasteiger partial charge in [0.05, 0.1) is 0 Å². The summed E-state index contributed by atoms with van der Waals surface area (Å²) in [5.74, 6) is 0. The van der Waals surface area contributed by atoms with E-state index in [2.05, 4.69) is 147 Å². The molecule has 206 valence electrons. The van der Waals surface area contributed by atoms with Gasteiger partial charge in [-0.2, -0.15) is 0 Å². The minimum Gasteiger partial charge on any atom is -0.455 e. The van der Waals surface area contributed by atoms with Crippen molar-refractivity contribution >= 4 is 32.7 Å². The lowest BCUT2D eigenvalue weighted by Crippen LogP contribution is -2.14. The van der Waals surface area contributed by atoms with Gasteiger partial charge in [-0.15, -0.1) is 0 Å². The molecule has 0 amide bonds. The first kappa shape index (κ1) is 24.1. The lowest BCUT2D eigenvalue weighted by molar-refractivity contribution is 0.660. The Labute approximate surface area is 256 Å². The Balaban J connectivity index is 1.19.